The Morgan fingerprint density at radius 1 is 1.10 bits per heavy atom. The average Bonchev–Trinajstić information content (AvgIpc) is 3.23. The van der Waals surface area contributed by atoms with E-state index in [2.05, 4.69) is 39.7 Å². The third kappa shape index (κ3) is 4.78. The van der Waals surface area contributed by atoms with Crippen LogP contribution in [0.1, 0.15) is 32.8 Å². The number of nitrogens with one attached hydrogen (secondary N) is 1. The first-order chi connectivity index (χ1) is 14.6. The van der Waals surface area contributed by atoms with E-state index in [1.807, 2.05) is 49.3 Å². The third-order valence-electron chi connectivity index (χ3n) is 5.24. The maximum absolute atomic E-state index is 12.3. The molecule has 0 radical (unpaired) electrons. The molecule has 30 heavy (non-hydrogen) atoms. The van der Waals surface area contributed by atoms with Crippen molar-refractivity contribution < 1.29 is 9.21 Å². The molecule has 1 N–H and O–H groups in total. The Balaban J connectivity index is 1.30. The molecule has 2 heterocycles. The zero-order chi connectivity index (χ0) is 20.9. The number of hydrazone groups is 1. The number of carbonyl (C=O) groups excluding carboxylic acids is 1. The molecular formula is C24H26N4O2. The van der Waals surface area contributed by atoms with Crippen molar-refractivity contribution >= 4 is 18.0 Å². The van der Waals surface area contributed by atoms with Crippen molar-refractivity contribution in [3.8, 4) is 0 Å². The van der Waals surface area contributed by atoms with E-state index >= 15 is 0 Å². The number of fused-ring (bicyclic) bond motifs is 1. The number of hydrogen-bond acceptors (Lipinski definition) is 5. The summed E-state index contributed by atoms with van der Waals surface area (Å²) in [5.41, 5.74) is 7.18. The van der Waals surface area contributed by atoms with E-state index in [1.54, 1.807) is 6.07 Å². The molecule has 1 aliphatic rings. The lowest BCUT2D eigenvalue weighted by Gasteiger charge is -2.28. The Kier molecular flexibility index (Phi) is 5.95. The van der Waals surface area contributed by atoms with E-state index in [4.69, 9.17) is 4.42 Å². The summed E-state index contributed by atoms with van der Waals surface area (Å²) in [5, 5.41) is 3.98. The maximum Gasteiger partial charge on any atom is 0.271 e. The van der Waals surface area contributed by atoms with Crippen LogP contribution in [0.5, 0.6) is 0 Å². The first-order valence-electron chi connectivity index (χ1n) is 10.1. The van der Waals surface area contributed by atoms with E-state index in [9.17, 15) is 4.79 Å². The Morgan fingerprint density at radius 3 is 2.60 bits per heavy atom. The first-order valence-corrected chi connectivity index (χ1v) is 10.1. The predicted octanol–water partition coefficient (Wildman–Crippen LogP) is 3.67. The summed E-state index contributed by atoms with van der Waals surface area (Å²) >= 11 is 0. The fourth-order valence-corrected chi connectivity index (χ4v) is 3.58. The molecule has 0 bridgehead atoms. The van der Waals surface area contributed by atoms with Crippen molar-refractivity contribution in [2.75, 3.05) is 25.5 Å². The largest absolute Gasteiger partial charge is 0.440 e. The summed E-state index contributed by atoms with van der Waals surface area (Å²) in [4.78, 5) is 16.6. The van der Waals surface area contributed by atoms with Gasteiger partial charge >= 0.3 is 0 Å². The second kappa shape index (κ2) is 8.97. The molecule has 1 aromatic heterocycles. The van der Waals surface area contributed by atoms with Crippen molar-refractivity contribution in [1.82, 2.24) is 10.3 Å². The van der Waals surface area contributed by atoms with Crippen molar-refractivity contribution in [2.24, 2.45) is 5.10 Å². The minimum atomic E-state index is -0.246. The molecule has 0 unspecified atom stereocenters. The van der Waals surface area contributed by atoms with Crippen LogP contribution in [-0.2, 0) is 19.5 Å². The fraction of sp³-hybridized carbons (Fsp3) is 0.250. The third-order valence-corrected chi connectivity index (χ3v) is 5.24. The lowest BCUT2D eigenvalue weighted by molar-refractivity contribution is 0.0955. The summed E-state index contributed by atoms with van der Waals surface area (Å²) < 4.78 is 5.56. The number of nitrogens with zero attached hydrogens (tertiary/aromatic N) is 3. The number of furan rings is 1. The van der Waals surface area contributed by atoms with Gasteiger partial charge in [0.15, 0.2) is 5.88 Å². The van der Waals surface area contributed by atoms with Crippen LogP contribution in [0.25, 0.3) is 0 Å². The second-order valence-electron chi connectivity index (χ2n) is 7.70. The normalized spacial score (nSPS) is 13.9. The quantitative estimate of drug-likeness (QED) is 0.505. The molecule has 0 fully saturated rings. The van der Waals surface area contributed by atoms with E-state index < -0.39 is 0 Å². The molecule has 1 amide bonds. The van der Waals surface area contributed by atoms with Gasteiger partial charge < -0.3 is 9.32 Å². The van der Waals surface area contributed by atoms with Gasteiger partial charge in [0, 0.05) is 45.4 Å². The van der Waals surface area contributed by atoms with Crippen LogP contribution in [0.2, 0.25) is 0 Å². The molecule has 6 heteroatoms. The topological polar surface area (TPSA) is 61.1 Å². The standard InChI is InChI=1S/C24H26N4O2/c1-27(2)23-12-11-22(30-23)15-25-26-24(29)20-9-7-18(8-10-20)16-28-14-13-19-5-3-4-6-21(19)17-28/h3-12,15H,13-14,16-17H2,1-2H3,(H,26,29)/b25-15-. The van der Waals surface area contributed by atoms with Gasteiger partial charge in [-0.05, 0) is 41.3 Å². The Bertz CT molecular complexity index is 1040. The summed E-state index contributed by atoms with van der Waals surface area (Å²) in [5.74, 6) is 1.07. The average molecular weight is 402 g/mol. The minimum absolute atomic E-state index is 0.246. The SMILES string of the molecule is CN(C)c1ccc(/C=N\NC(=O)c2ccc(CN3CCc4ccccc4C3)cc2)o1. The number of carbonyl (C=O) groups is 1. The summed E-state index contributed by atoms with van der Waals surface area (Å²) in [6.45, 7) is 2.90. The molecule has 2 aromatic carbocycles. The van der Waals surface area contributed by atoms with E-state index in [-0.39, 0.29) is 5.91 Å². The van der Waals surface area contributed by atoms with Gasteiger partial charge in [-0.25, -0.2) is 5.43 Å². The highest BCUT2D eigenvalue weighted by Gasteiger charge is 2.16. The van der Waals surface area contributed by atoms with Gasteiger partial charge in [-0.1, -0.05) is 36.4 Å². The summed E-state index contributed by atoms with van der Waals surface area (Å²) in [7, 11) is 3.80. The molecule has 3 aromatic rings. The molecule has 0 saturated carbocycles. The van der Waals surface area contributed by atoms with Crippen LogP contribution >= 0.6 is 0 Å². The number of hydrogen-bond donors (Lipinski definition) is 1. The molecule has 0 atom stereocenters. The Labute approximate surface area is 176 Å². The molecule has 0 aliphatic carbocycles. The second-order valence-corrected chi connectivity index (χ2v) is 7.70. The Morgan fingerprint density at radius 2 is 1.87 bits per heavy atom. The molecule has 6 nitrogen and oxygen atoms in total. The van der Waals surface area contributed by atoms with Gasteiger partial charge in [-0.2, -0.15) is 5.10 Å². The number of anilines is 1. The molecular weight excluding hydrogens is 376 g/mol. The number of rotatable bonds is 6. The monoisotopic (exact) mass is 402 g/mol. The first kappa shape index (κ1) is 19.9. The van der Waals surface area contributed by atoms with Gasteiger partial charge in [0.25, 0.3) is 5.91 Å². The molecule has 0 saturated heterocycles. The van der Waals surface area contributed by atoms with Gasteiger partial charge in [0.2, 0.25) is 0 Å². The van der Waals surface area contributed by atoms with E-state index in [0.717, 1.165) is 31.9 Å². The van der Waals surface area contributed by atoms with Crippen LogP contribution in [0.4, 0.5) is 5.88 Å². The maximum atomic E-state index is 12.3. The Hall–Kier alpha value is -3.38. The van der Waals surface area contributed by atoms with Gasteiger partial charge in [-0.15, -0.1) is 0 Å². The van der Waals surface area contributed by atoms with Crippen LogP contribution in [0, 0.1) is 0 Å². The lowest BCUT2D eigenvalue weighted by atomic mass is 9.99. The smallest absolute Gasteiger partial charge is 0.271 e. The predicted molar refractivity (Wildman–Crippen MR) is 119 cm³/mol. The van der Waals surface area contributed by atoms with Gasteiger partial charge in [0.05, 0.1) is 6.21 Å². The molecule has 4 rings (SSSR count). The van der Waals surface area contributed by atoms with Gasteiger partial charge in [0.1, 0.15) is 5.76 Å². The number of amides is 1. The zero-order valence-corrected chi connectivity index (χ0v) is 17.3. The fourth-order valence-electron chi connectivity index (χ4n) is 3.58. The highest BCUT2D eigenvalue weighted by molar-refractivity contribution is 5.94. The highest BCUT2D eigenvalue weighted by Crippen LogP contribution is 2.20. The van der Waals surface area contributed by atoms with Crippen molar-refractivity contribution in [2.45, 2.75) is 19.5 Å². The zero-order valence-electron chi connectivity index (χ0n) is 17.3. The van der Waals surface area contributed by atoms with E-state index in [0.29, 0.717) is 11.3 Å². The van der Waals surface area contributed by atoms with Crippen LogP contribution in [0.15, 0.2) is 70.2 Å². The van der Waals surface area contributed by atoms with Gasteiger partial charge in [-0.3, -0.25) is 9.69 Å². The minimum Gasteiger partial charge on any atom is -0.440 e. The van der Waals surface area contributed by atoms with Crippen LogP contribution < -0.4 is 10.3 Å². The van der Waals surface area contributed by atoms with Crippen molar-refractivity contribution in [1.29, 1.82) is 0 Å². The molecule has 1 aliphatic heterocycles. The van der Waals surface area contributed by atoms with E-state index in [1.165, 1.54) is 22.9 Å². The molecule has 154 valence electrons. The van der Waals surface area contributed by atoms with Crippen LogP contribution in [0.3, 0.4) is 0 Å². The molecule has 0 spiro atoms. The lowest BCUT2D eigenvalue weighted by Crippen LogP contribution is -2.30. The summed E-state index contributed by atoms with van der Waals surface area (Å²) in [6.07, 6.45) is 2.58. The van der Waals surface area contributed by atoms with Crippen molar-refractivity contribution in [3.05, 3.63) is 88.7 Å². The number of benzene rings is 2. The highest BCUT2D eigenvalue weighted by atomic mass is 16.4. The van der Waals surface area contributed by atoms with Crippen molar-refractivity contribution in [3.63, 3.8) is 0 Å². The summed E-state index contributed by atoms with van der Waals surface area (Å²) in [6, 6.07) is 20.0. The van der Waals surface area contributed by atoms with Crippen LogP contribution in [-0.4, -0.2) is 37.7 Å².